The van der Waals surface area contributed by atoms with Crippen molar-refractivity contribution in [3.63, 3.8) is 0 Å². The summed E-state index contributed by atoms with van der Waals surface area (Å²) in [5, 5.41) is 7.27. The number of nitrogens with one attached hydrogen (secondary N) is 1. The van der Waals surface area contributed by atoms with Crippen LogP contribution in [-0.2, 0) is 4.79 Å². The summed E-state index contributed by atoms with van der Waals surface area (Å²) >= 11 is 0. The summed E-state index contributed by atoms with van der Waals surface area (Å²) in [7, 11) is 1.92. The number of aromatic nitrogens is 2. The van der Waals surface area contributed by atoms with E-state index in [-0.39, 0.29) is 11.9 Å². The molecule has 1 aliphatic rings. The predicted molar refractivity (Wildman–Crippen MR) is 93.3 cm³/mol. The van der Waals surface area contributed by atoms with Crippen molar-refractivity contribution >= 4 is 5.91 Å². The molecule has 0 spiro atoms. The molecule has 1 saturated heterocycles. The number of H-pyrrole nitrogens is 1. The van der Waals surface area contributed by atoms with Crippen molar-refractivity contribution in [2.45, 2.75) is 66.0 Å². The van der Waals surface area contributed by atoms with Gasteiger partial charge in [-0.25, -0.2) is 0 Å². The van der Waals surface area contributed by atoms with E-state index in [1.807, 2.05) is 25.8 Å². The molecular formula is C18H32N4O. The van der Waals surface area contributed by atoms with E-state index in [0.717, 1.165) is 42.9 Å². The van der Waals surface area contributed by atoms with Gasteiger partial charge in [-0.15, -0.1) is 0 Å². The lowest BCUT2D eigenvalue weighted by Gasteiger charge is -2.35. The second kappa shape index (κ2) is 7.47. The van der Waals surface area contributed by atoms with Crippen LogP contribution in [-0.4, -0.2) is 52.1 Å². The second-order valence-electron chi connectivity index (χ2n) is 7.31. The number of carbonyl (C=O) groups excluding carboxylic acids is 1. The number of piperidine rings is 1. The minimum absolute atomic E-state index is 0.0667. The van der Waals surface area contributed by atoms with Crippen molar-refractivity contribution < 1.29 is 4.79 Å². The minimum atomic E-state index is 0.0667. The Morgan fingerprint density at radius 3 is 2.39 bits per heavy atom. The molecule has 1 aliphatic heterocycles. The van der Waals surface area contributed by atoms with Crippen LogP contribution in [0.15, 0.2) is 0 Å². The number of aromatic amines is 1. The maximum atomic E-state index is 12.7. The average Bonchev–Trinajstić information content (AvgIpc) is 2.85. The van der Waals surface area contributed by atoms with E-state index in [4.69, 9.17) is 0 Å². The van der Waals surface area contributed by atoms with Crippen LogP contribution in [0.5, 0.6) is 0 Å². The van der Waals surface area contributed by atoms with Crippen LogP contribution in [0.25, 0.3) is 0 Å². The fourth-order valence-electron chi connectivity index (χ4n) is 3.65. The van der Waals surface area contributed by atoms with E-state index in [2.05, 4.69) is 35.9 Å². The molecular weight excluding hydrogens is 288 g/mol. The highest BCUT2D eigenvalue weighted by Gasteiger charge is 2.27. The molecule has 0 aromatic carbocycles. The molecule has 5 heteroatoms. The molecule has 130 valence electrons. The van der Waals surface area contributed by atoms with Gasteiger partial charge in [0.2, 0.25) is 5.91 Å². The number of likely N-dealkylation sites (tertiary alicyclic amines) is 1. The standard InChI is InChI=1S/C18H32N4O/c1-12(2)22-9-7-16(8-10-22)11-17(23)21(6)15(5)18-13(3)19-20-14(18)4/h12,15-16H,7-11H2,1-6H3,(H,19,20)/t15-/m0/s1. The van der Waals surface area contributed by atoms with Crippen LogP contribution in [0.1, 0.15) is 63.0 Å². The molecule has 0 unspecified atom stereocenters. The van der Waals surface area contributed by atoms with Crippen LogP contribution < -0.4 is 0 Å². The summed E-state index contributed by atoms with van der Waals surface area (Å²) in [5.74, 6) is 0.777. The number of amides is 1. The molecule has 0 saturated carbocycles. The molecule has 0 aliphatic carbocycles. The van der Waals surface area contributed by atoms with Crippen LogP contribution in [0, 0.1) is 19.8 Å². The molecule has 1 aromatic heterocycles. The Balaban J connectivity index is 1.91. The molecule has 1 atom stereocenters. The maximum Gasteiger partial charge on any atom is 0.223 e. The Kier molecular flexibility index (Phi) is 5.84. The molecule has 1 amide bonds. The first-order valence-electron chi connectivity index (χ1n) is 8.82. The zero-order chi connectivity index (χ0) is 17.1. The van der Waals surface area contributed by atoms with Gasteiger partial charge in [0.15, 0.2) is 0 Å². The summed E-state index contributed by atoms with van der Waals surface area (Å²) in [6.07, 6.45) is 2.94. The molecule has 1 fully saturated rings. The molecule has 1 aromatic rings. The van der Waals surface area contributed by atoms with Crippen LogP contribution >= 0.6 is 0 Å². The highest BCUT2D eigenvalue weighted by molar-refractivity contribution is 5.76. The second-order valence-corrected chi connectivity index (χ2v) is 7.31. The third-order valence-electron chi connectivity index (χ3n) is 5.42. The quantitative estimate of drug-likeness (QED) is 0.907. The fourth-order valence-corrected chi connectivity index (χ4v) is 3.65. The summed E-state index contributed by atoms with van der Waals surface area (Å²) < 4.78 is 0. The van der Waals surface area contributed by atoms with Gasteiger partial charge in [-0.3, -0.25) is 9.89 Å². The Morgan fingerprint density at radius 2 is 1.91 bits per heavy atom. The van der Waals surface area contributed by atoms with Gasteiger partial charge >= 0.3 is 0 Å². The van der Waals surface area contributed by atoms with E-state index in [1.54, 1.807) is 0 Å². The van der Waals surface area contributed by atoms with Gasteiger partial charge in [-0.1, -0.05) is 0 Å². The fraction of sp³-hybridized carbons (Fsp3) is 0.778. The number of hydrogen-bond acceptors (Lipinski definition) is 3. The third kappa shape index (κ3) is 4.14. The van der Waals surface area contributed by atoms with Crippen LogP contribution in [0.2, 0.25) is 0 Å². The largest absolute Gasteiger partial charge is 0.339 e. The molecule has 0 radical (unpaired) electrons. The van der Waals surface area contributed by atoms with Crippen molar-refractivity contribution in [3.05, 3.63) is 17.0 Å². The maximum absolute atomic E-state index is 12.7. The zero-order valence-electron chi connectivity index (χ0n) is 15.5. The SMILES string of the molecule is Cc1n[nH]c(C)c1[C@H](C)N(C)C(=O)CC1CCN(C(C)C)CC1. The van der Waals surface area contributed by atoms with Crippen molar-refractivity contribution in [1.82, 2.24) is 20.0 Å². The van der Waals surface area contributed by atoms with Crippen LogP contribution in [0.3, 0.4) is 0 Å². The summed E-state index contributed by atoms with van der Waals surface area (Å²) in [5.41, 5.74) is 3.19. The molecule has 1 N–H and O–H groups in total. The Hall–Kier alpha value is -1.36. The Morgan fingerprint density at radius 1 is 1.30 bits per heavy atom. The van der Waals surface area contributed by atoms with Gasteiger partial charge in [0, 0.05) is 30.8 Å². The molecule has 2 heterocycles. The summed E-state index contributed by atoms with van der Waals surface area (Å²) in [6.45, 7) is 12.8. The summed E-state index contributed by atoms with van der Waals surface area (Å²) in [4.78, 5) is 17.1. The molecule has 23 heavy (non-hydrogen) atoms. The van der Waals surface area contributed by atoms with Gasteiger partial charge < -0.3 is 9.80 Å². The van der Waals surface area contributed by atoms with Crippen molar-refractivity contribution in [3.8, 4) is 0 Å². The number of rotatable bonds is 5. The molecule has 5 nitrogen and oxygen atoms in total. The first kappa shape index (κ1) is 18.0. The van der Waals surface area contributed by atoms with E-state index < -0.39 is 0 Å². The monoisotopic (exact) mass is 320 g/mol. The lowest BCUT2D eigenvalue weighted by molar-refractivity contribution is -0.133. The molecule has 0 bridgehead atoms. The first-order valence-corrected chi connectivity index (χ1v) is 8.82. The highest BCUT2D eigenvalue weighted by atomic mass is 16.2. The first-order chi connectivity index (χ1) is 10.8. The highest BCUT2D eigenvalue weighted by Crippen LogP contribution is 2.27. The van der Waals surface area contributed by atoms with Gasteiger partial charge in [0.05, 0.1) is 11.7 Å². The number of nitrogens with zero attached hydrogens (tertiary/aromatic N) is 3. The Bertz CT molecular complexity index is 510. The number of aryl methyl sites for hydroxylation is 2. The number of hydrogen-bond donors (Lipinski definition) is 1. The zero-order valence-corrected chi connectivity index (χ0v) is 15.5. The van der Waals surface area contributed by atoms with Gasteiger partial charge in [0.1, 0.15) is 0 Å². The van der Waals surface area contributed by atoms with Crippen molar-refractivity contribution in [2.24, 2.45) is 5.92 Å². The summed E-state index contributed by atoms with van der Waals surface area (Å²) in [6, 6.07) is 0.679. The van der Waals surface area contributed by atoms with E-state index in [1.165, 1.54) is 0 Å². The van der Waals surface area contributed by atoms with Crippen LogP contribution in [0.4, 0.5) is 0 Å². The normalized spacial score (nSPS) is 18.4. The Labute approximate surface area is 140 Å². The predicted octanol–water partition coefficient (Wildman–Crippen LogP) is 3.06. The smallest absolute Gasteiger partial charge is 0.223 e. The van der Waals surface area contributed by atoms with Gasteiger partial charge in [0.25, 0.3) is 0 Å². The van der Waals surface area contributed by atoms with Gasteiger partial charge in [-0.05, 0) is 66.5 Å². The van der Waals surface area contributed by atoms with Crippen molar-refractivity contribution in [2.75, 3.05) is 20.1 Å². The van der Waals surface area contributed by atoms with Gasteiger partial charge in [-0.2, -0.15) is 5.10 Å². The topological polar surface area (TPSA) is 52.2 Å². The third-order valence-corrected chi connectivity index (χ3v) is 5.42. The van der Waals surface area contributed by atoms with E-state index in [9.17, 15) is 4.79 Å². The van der Waals surface area contributed by atoms with Crippen molar-refractivity contribution in [1.29, 1.82) is 0 Å². The molecule has 2 rings (SSSR count). The van der Waals surface area contributed by atoms with E-state index in [0.29, 0.717) is 18.4 Å². The van der Waals surface area contributed by atoms with E-state index >= 15 is 0 Å². The average molecular weight is 320 g/mol. The minimum Gasteiger partial charge on any atom is -0.339 e. The lowest BCUT2D eigenvalue weighted by atomic mass is 9.92. The number of carbonyl (C=O) groups is 1. The lowest BCUT2D eigenvalue weighted by Crippen LogP contribution is -2.40.